The molecular formula is C42H54N16O6. The van der Waals surface area contributed by atoms with Crippen LogP contribution < -0.4 is 42.6 Å². The predicted molar refractivity (Wildman–Crippen MR) is 240 cm³/mol. The molecule has 2 atom stereocenters. The molecule has 0 bridgehead atoms. The molecule has 9 N–H and O–H groups in total. The van der Waals surface area contributed by atoms with Gasteiger partial charge in [-0.3, -0.25) is 33.9 Å². The molecule has 1 unspecified atom stereocenters. The highest BCUT2D eigenvalue weighted by Crippen LogP contribution is 2.36. The Balaban J connectivity index is 1.15. The van der Waals surface area contributed by atoms with Crippen LogP contribution in [0.1, 0.15) is 18.5 Å². The molecule has 2 aromatic heterocycles. The SMILES string of the molecule is CNCC(=O)Nc1ccc(/N=N/c2ccccc2OC(=O)CN2CCN(C)C(c3ccc(OC(=O)CN4CCN(C)CC4)c(/N=N/c4ccc(NC(=O)[C@H](C)N)nc4N)c3)C2)c(N)n1. The van der Waals surface area contributed by atoms with Crippen LogP contribution in [-0.4, -0.2) is 146 Å². The Morgan fingerprint density at radius 2 is 1.28 bits per heavy atom. The van der Waals surface area contributed by atoms with Crippen LogP contribution in [0.4, 0.5) is 46.0 Å². The summed E-state index contributed by atoms with van der Waals surface area (Å²) in [6.45, 7) is 6.60. The molecule has 6 rings (SSSR count). The average molecular weight is 879 g/mol. The summed E-state index contributed by atoms with van der Waals surface area (Å²) in [5, 5.41) is 25.3. The third-order valence-electron chi connectivity index (χ3n) is 10.3. The zero-order valence-electron chi connectivity index (χ0n) is 36.2. The second-order valence-electron chi connectivity index (χ2n) is 15.4. The summed E-state index contributed by atoms with van der Waals surface area (Å²) in [4.78, 5) is 67.4. The first-order valence-corrected chi connectivity index (χ1v) is 20.6. The number of pyridine rings is 2. The number of nitrogens with two attached hydrogens (primary N) is 3. The number of nitrogens with zero attached hydrogens (tertiary/aromatic N) is 10. The maximum absolute atomic E-state index is 13.4. The maximum atomic E-state index is 13.4. The van der Waals surface area contributed by atoms with E-state index in [0.717, 1.165) is 31.7 Å². The van der Waals surface area contributed by atoms with Crippen molar-refractivity contribution in [1.29, 1.82) is 0 Å². The number of aromatic nitrogens is 2. The van der Waals surface area contributed by atoms with E-state index in [1.165, 1.54) is 6.07 Å². The lowest BCUT2D eigenvalue weighted by atomic mass is 10.0. The highest BCUT2D eigenvalue weighted by molar-refractivity contribution is 5.94. The van der Waals surface area contributed by atoms with Crippen LogP contribution in [0.5, 0.6) is 11.5 Å². The molecule has 2 amide bonds. The van der Waals surface area contributed by atoms with Gasteiger partial charge in [-0.25, -0.2) is 9.97 Å². The van der Waals surface area contributed by atoms with Crippen molar-refractivity contribution in [2.24, 2.45) is 26.2 Å². The number of hydrogen-bond acceptors (Lipinski definition) is 20. The topological polar surface area (TPSA) is 289 Å². The number of para-hydroxylation sites is 1. The van der Waals surface area contributed by atoms with Crippen LogP contribution in [-0.2, 0) is 19.2 Å². The van der Waals surface area contributed by atoms with Crippen LogP contribution >= 0.6 is 0 Å². The molecule has 338 valence electrons. The quantitative estimate of drug-likeness (QED) is 0.0536. The first-order valence-electron chi connectivity index (χ1n) is 20.6. The third-order valence-corrected chi connectivity index (χ3v) is 10.3. The molecule has 4 heterocycles. The Bertz CT molecular complexity index is 2370. The summed E-state index contributed by atoms with van der Waals surface area (Å²) in [7, 11) is 5.69. The van der Waals surface area contributed by atoms with E-state index in [9.17, 15) is 19.2 Å². The molecule has 2 saturated heterocycles. The third kappa shape index (κ3) is 13.1. The van der Waals surface area contributed by atoms with Crippen molar-refractivity contribution >= 4 is 69.8 Å². The zero-order chi connectivity index (χ0) is 45.8. The predicted octanol–water partition coefficient (Wildman–Crippen LogP) is 2.96. The molecule has 22 nitrogen and oxygen atoms in total. The lowest BCUT2D eigenvalue weighted by molar-refractivity contribution is -0.137. The van der Waals surface area contributed by atoms with Gasteiger partial charge in [-0.15, -0.1) is 20.5 Å². The summed E-state index contributed by atoms with van der Waals surface area (Å²) >= 11 is 0. The van der Waals surface area contributed by atoms with Crippen molar-refractivity contribution in [3.8, 4) is 11.5 Å². The Morgan fingerprint density at radius 3 is 1.91 bits per heavy atom. The monoisotopic (exact) mass is 878 g/mol. The highest BCUT2D eigenvalue weighted by Gasteiger charge is 2.29. The fourth-order valence-corrected chi connectivity index (χ4v) is 6.69. The number of hydrogen-bond donors (Lipinski definition) is 6. The Kier molecular flexibility index (Phi) is 16.0. The maximum Gasteiger partial charge on any atom is 0.325 e. The summed E-state index contributed by atoms with van der Waals surface area (Å²) in [6.07, 6.45) is 0. The molecular weight excluding hydrogens is 825 g/mol. The number of carbonyl (C=O) groups excluding carboxylic acids is 4. The van der Waals surface area contributed by atoms with Gasteiger partial charge >= 0.3 is 11.9 Å². The van der Waals surface area contributed by atoms with E-state index in [2.05, 4.69) is 56.2 Å². The molecule has 0 spiro atoms. The van der Waals surface area contributed by atoms with Crippen LogP contribution in [0.25, 0.3) is 0 Å². The van der Waals surface area contributed by atoms with E-state index in [-0.39, 0.29) is 83.4 Å². The van der Waals surface area contributed by atoms with E-state index in [0.29, 0.717) is 25.3 Å². The Hall–Kier alpha value is -6.82. The van der Waals surface area contributed by atoms with Crippen molar-refractivity contribution in [2.75, 3.05) is 109 Å². The van der Waals surface area contributed by atoms with Gasteiger partial charge in [0.1, 0.15) is 34.4 Å². The van der Waals surface area contributed by atoms with Crippen molar-refractivity contribution in [1.82, 2.24) is 34.9 Å². The lowest BCUT2D eigenvalue weighted by Gasteiger charge is -2.39. The minimum atomic E-state index is -0.745. The number of esters is 2. The van der Waals surface area contributed by atoms with Gasteiger partial charge in [0.2, 0.25) is 11.8 Å². The number of azo groups is 2. The first-order chi connectivity index (χ1) is 30.7. The minimum absolute atomic E-state index is 0.0108. The number of piperazine rings is 2. The number of amides is 2. The summed E-state index contributed by atoms with van der Waals surface area (Å²) in [5.41, 5.74) is 19.8. The summed E-state index contributed by atoms with van der Waals surface area (Å²) in [5.74, 6) is -0.685. The number of benzene rings is 2. The van der Waals surface area contributed by atoms with Gasteiger partial charge < -0.3 is 47.5 Å². The Morgan fingerprint density at radius 1 is 0.719 bits per heavy atom. The smallest absolute Gasteiger partial charge is 0.325 e. The molecule has 22 heteroatoms. The summed E-state index contributed by atoms with van der Waals surface area (Å²) < 4.78 is 11.7. The van der Waals surface area contributed by atoms with Gasteiger partial charge in [-0.1, -0.05) is 18.2 Å². The second-order valence-corrected chi connectivity index (χ2v) is 15.4. The number of nitrogen functional groups attached to an aromatic ring is 2. The van der Waals surface area contributed by atoms with Crippen LogP contribution in [0, 0.1) is 0 Å². The molecule has 4 aromatic rings. The van der Waals surface area contributed by atoms with Gasteiger partial charge in [-0.2, -0.15) is 0 Å². The number of carbonyl (C=O) groups is 4. The van der Waals surface area contributed by atoms with E-state index in [4.69, 9.17) is 26.7 Å². The minimum Gasteiger partial charge on any atom is -0.423 e. The standard InChI is InChI=1S/C42H54N16O6/c1-26(43)42(62)50-36-14-11-30(41(45)49-36)53-54-31-21-27(9-12-34(31)64-38(60)24-57-18-15-55(3)16-19-57)32-23-58(20-17-56(32)4)25-39(61)63-33-8-6-5-7-28(33)51-52-29-10-13-35(48-40(29)44)47-37(59)22-46-2/h5-14,21,26,32,46H,15-20,22-25,43H2,1-4H3,(H3,44,47,48,59)(H3,45,49,50,62)/b52-51+,54-53+/t26-,32?/m0/s1. The van der Waals surface area contributed by atoms with E-state index < -0.39 is 23.9 Å². The molecule has 64 heavy (non-hydrogen) atoms. The van der Waals surface area contributed by atoms with E-state index in [1.807, 2.05) is 30.0 Å². The highest BCUT2D eigenvalue weighted by atomic mass is 16.5. The molecule has 2 aliphatic rings. The molecule has 2 aliphatic heterocycles. The molecule has 2 aromatic carbocycles. The lowest BCUT2D eigenvalue weighted by Crippen LogP contribution is -2.48. The van der Waals surface area contributed by atoms with Crippen LogP contribution in [0.3, 0.4) is 0 Å². The van der Waals surface area contributed by atoms with Gasteiger partial charge in [0.15, 0.2) is 23.1 Å². The van der Waals surface area contributed by atoms with Crippen molar-refractivity contribution in [3.63, 3.8) is 0 Å². The van der Waals surface area contributed by atoms with Crippen molar-refractivity contribution in [2.45, 2.75) is 19.0 Å². The van der Waals surface area contributed by atoms with E-state index in [1.54, 1.807) is 68.6 Å². The van der Waals surface area contributed by atoms with Crippen LogP contribution in [0.2, 0.25) is 0 Å². The molecule has 0 aliphatic carbocycles. The fraction of sp³-hybridized carbons (Fsp3) is 0.381. The van der Waals surface area contributed by atoms with Crippen molar-refractivity contribution < 1.29 is 28.7 Å². The number of likely N-dealkylation sites (N-methyl/N-ethyl adjacent to an activating group) is 3. The van der Waals surface area contributed by atoms with E-state index >= 15 is 0 Å². The molecule has 2 fully saturated rings. The fourth-order valence-electron chi connectivity index (χ4n) is 6.69. The average Bonchev–Trinajstić information content (AvgIpc) is 3.25. The Labute approximate surface area is 370 Å². The van der Waals surface area contributed by atoms with Gasteiger partial charge in [0, 0.05) is 51.9 Å². The van der Waals surface area contributed by atoms with Gasteiger partial charge in [0.25, 0.3) is 0 Å². The zero-order valence-corrected chi connectivity index (χ0v) is 36.2. The van der Waals surface area contributed by atoms with Gasteiger partial charge in [0.05, 0.1) is 25.7 Å². The van der Waals surface area contributed by atoms with Gasteiger partial charge in [-0.05, 0) is 82.2 Å². The van der Waals surface area contributed by atoms with Crippen molar-refractivity contribution in [3.05, 3.63) is 72.3 Å². The number of anilines is 4. The number of ether oxygens (including phenoxy) is 2. The molecule has 0 radical (unpaired) electrons. The number of nitrogens with one attached hydrogen (secondary N) is 3. The van der Waals surface area contributed by atoms with Crippen LogP contribution in [0.15, 0.2) is 87.2 Å². The summed E-state index contributed by atoms with van der Waals surface area (Å²) in [6, 6.07) is 17.3. The largest absolute Gasteiger partial charge is 0.423 e. The normalized spacial score (nSPS) is 17.0. The molecule has 0 saturated carbocycles. The number of rotatable bonds is 16. The second kappa shape index (κ2) is 22.0. The first kappa shape index (κ1) is 46.7.